The van der Waals surface area contributed by atoms with Crippen molar-refractivity contribution >= 4 is 10.8 Å². The van der Waals surface area contributed by atoms with Crippen LogP contribution in [-0.4, -0.2) is 0 Å². The maximum Gasteiger partial charge on any atom is -0.0178 e. The second kappa shape index (κ2) is 14.1. The van der Waals surface area contributed by atoms with Gasteiger partial charge in [0.2, 0.25) is 0 Å². The molecule has 0 nitrogen and oxygen atoms in total. The van der Waals surface area contributed by atoms with Crippen molar-refractivity contribution < 1.29 is 0 Å². The van der Waals surface area contributed by atoms with E-state index in [2.05, 4.69) is 74.5 Å². The van der Waals surface area contributed by atoms with Gasteiger partial charge in [-0.3, -0.25) is 0 Å². The van der Waals surface area contributed by atoms with Crippen LogP contribution in [0.2, 0.25) is 0 Å². The minimum absolute atomic E-state index is 1.22. The molecule has 0 N–H and O–H groups in total. The topological polar surface area (TPSA) is 0 Å². The third-order valence-corrected chi connectivity index (χ3v) is 6.85. The summed E-state index contributed by atoms with van der Waals surface area (Å²) in [6, 6.07) is 22.8. The predicted molar refractivity (Wildman–Crippen MR) is 144 cm³/mol. The zero-order valence-electron chi connectivity index (χ0n) is 20.7. The van der Waals surface area contributed by atoms with Crippen molar-refractivity contribution in [1.29, 1.82) is 0 Å². The Morgan fingerprint density at radius 2 is 0.969 bits per heavy atom. The Kier molecular flexibility index (Phi) is 10.9. The highest BCUT2D eigenvalue weighted by Crippen LogP contribution is 2.26. The minimum atomic E-state index is 1.22. The molecule has 0 aliphatic carbocycles. The number of benzene rings is 3. The first-order valence-corrected chi connectivity index (χ1v) is 13.4. The maximum atomic E-state index is 2.33. The van der Waals surface area contributed by atoms with E-state index in [4.69, 9.17) is 0 Å². The first-order chi connectivity index (χ1) is 15.8. The number of hydrogen-bond acceptors (Lipinski definition) is 0. The number of fused-ring (bicyclic) bond motifs is 1. The van der Waals surface area contributed by atoms with E-state index in [9.17, 15) is 0 Å². The molecule has 0 heteroatoms. The summed E-state index contributed by atoms with van der Waals surface area (Å²) in [6.45, 7) is 4.45. The van der Waals surface area contributed by atoms with E-state index in [1.807, 2.05) is 0 Å². The van der Waals surface area contributed by atoms with Gasteiger partial charge in [0, 0.05) is 0 Å². The Bertz CT molecular complexity index is 903. The van der Waals surface area contributed by atoms with Gasteiger partial charge in [0.05, 0.1) is 0 Å². The van der Waals surface area contributed by atoms with Crippen LogP contribution in [0.1, 0.15) is 102 Å². The van der Waals surface area contributed by atoms with Crippen LogP contribution in [-0.2, 0) is 6.42 Å². The van der Waals surface area contributed by atoms with Gasteiger partial charge < -0.3 is 0 Å². The van der Waals surface area contributed by atoms with Crippen molar-refractivity contribution in [3.05, 3.63) is 71.8 Å². The zero-order valence-corrected chi connectivity index (χ0v) is 20.7. The molecule has 0 atom stereocenters. The summed E-state index contributed by atoms with van der Waals surface area (Å²) in [4.78, 5) is 0. The van der Waals surface area contributed by atoms with Gasteiger partial charge in [-0.1, -0.05) is 144 Å². The fourth-order valence-corrected chi connectivity index (χ4v) is 4.76. The molecule has 0 radical (unpaired) electrons. The van der Waals surface area contributed by atoms with E-state index in [1.54, 1.807) is 0 Å². The average molecular weight is 429 g/mol. The fourth-order valence-electron chi connectivity index (χ4n) is 4.76. The molecule has 0 fully saturated rings. The third kappa shape index (κ3) is 8.45. The average Bonchev–Trinajstić information content (AvgIpc) is 2.82. The molecule has 0 saturated carbocycles. The molecule has 0 aliphatic rings. The molecule has 172 valence electrons. The monoisotopic (exact) mass is 428 g/mol. The largest absolute Gasteiger partial charge is 0.0654 e. The lowest BCUT2D eigenvalue weighted by atomic mass is 9.98. The lowest BCUT2D eigenvalue weighted by Crippen LogP contribution is -1.87. The lowest BCUT2D eigenvalue weighted by Gasteiger charge is -2.07. The van der Waals surface area contributed by atoms with E-state index in [0.29, 0.717) is 0 Å². The summed E-state index contributed by atoms with van der Waals surface area (Å²) in [6.07, 6.45) is 19.7. The van der Waals surface area contributed by atoms with E-state index in [1.165, 1.54) is 123 Å². The van der Waals surface area contributed by atoms with Crippen LogP contribution in [0.5, 0.6) is 0 Å². The van der Waals surface area contributed by atoms with E-state index in [-0.39, 0.29) is 0 Å². The first-order valence-electron chi connectivity index (χ1n) is 13.4. The van der Waals surface area contributed by atoms with Crippen molar-refractivity contribution in [2.45, 2.75) is 104 Å². The number of aryl methyl sites for hydroxylation is 2. The fraction of sp³-hybridized carbons (Fsp3) is 0.500. The molecule has 0 amide bonds. The smallest absolute Gasteiger partial charge is 0.0178 e. The van der Waals surface area contributed by atoms with Gasteiger partial charge in [-0.25, -0.2) is 0 Å². The highest BCUT2D eigenvalue weighted by atomic mass is 14.1. The highest BCUT2D eigenvalue weighted by Gasteiger charge is 2.02. The molecule has 0 heterocycles. The Hall–Kier alpha value is -2.08. The standard InChI is InChI=1S/C32H44/c1-3-4-5-6-7-8-9-10-11-12-13-14-15-16-28-18-21-29(22-19-28)31-24-23-30-25-27(2)17-20-32(30)26-31/h17-26H,3-16H2,1-2H3. The van der Waals surface area contributed by atoms with Crippen molar-refractivity contribution in [3.63, 3.8) is 0 Å². The van der Waals surface area contributed by atoms with Crippen LogP contribution in [0.15, 0.2) is 60.7 Å². The Morgan fingerprint density at radius 1 is 0.469 bits per heavy atom. The Labute approximate surface area is 197 Å². The lowest BCUT2D eigenvalue weighted by molar-refractivity contribution is 0.539. The van der Waals surface area contributed by atoms with E-state index < -0.39 is 0 Å². The minimum Gasteiger partial charge on any atom is -0.0654 e. The van der Waals surface area contributed by atoms with Crippen molar-refractivity contribution in [2.75, 3.05) is 0 Å². The molecule has 0 spiro atoms. The van der Waals surface area contributed by atoms with Gasteiger partial charge in [-0.2, -0.15) is 0 Å². The van der Waals surface area contributed by atoms with Crippen molar-refractivity contribution in [2.24, 2.45) is 0 Å². The summed E-state index contributed by atoms with van der Waals surface area (Å²) in [5.41, 5.74) is 5.44. The predicted octanol–water partition coefficient (Wildman–Crippen LogP) is 10.4. The number of hydrogen-bond donors (Lipinski definition) is 0. The molecule has 3 aromatic rings. The second-order valence-corrected chi connectivity index (χ2v) is 9.75. The van der Waals surface area contributed by atoms with Gasteiger partial charge >= 0.3 is 0 Å². The Balaban J connectivity index is 1.28. The summed E-state index contributed by atoms with van der Waals surface area (Å²) < 4.78 is 0. The quantitative estimate of drug-likeness (QED) is 0.211. The highest BCUT2D eigenvalue weighted by molar-refractivity contribution is 5.87. The summed E-state index contributed by atoms with van der Waals surface area (Å²) in [5.74, 6) is 0. The van der Waals surface area contributed by atoms with Gasteiger partial charge in [-0.15, -0.1) is 0 Å². The van der Waals surface area contributed by atoms with Crippen LogP contribution in [0.3, 0.4) is 0 Å². The van der Waals surface area contributed by atoms with Gasteiger partial charge in [0.1, 0.15) is 0 Å². The molecule has 0 bridgehead atoms. The van der Waals surface area contributed by atoms with Crippen molar-refractivity contribution in [1.82, 2.24) is 0 Å². The van der Waals surface area contributed by atoms with Crippen LogP contribution in [0, 0.1) is 6.92 Å². The van der Waals surface area contributed by atoms with Crippen LogP contribution >= 0.6 is 0 Å². The third-order valence-electron chi connectivity index (χ3n) is 6.85. The molecule has 3 aromatic carbocycles. The van der Waals surface area contributed by atoms with Crippen LogP contribution in [0.4, 0.5) is 0 Å². The van der Waals surface area contributed by atoms with Gasteiger partial charge in [0.25, 0.3) is 0 Å². The summed E-state index contributed by atoms with van der Waals surface area (Å²) in [5, 5.41) is 2.65. The van der Waals surface area contributed by atoms with Crippen LogP contribution in [0.25, 0.3) is 21.9 Å². The second-order valence-electron chi connectivity index (χ2n) is 9.75. The van der Waals surface area contributed by atoms with E-state index >= 15 is 0 Å². The molecule has 0 unspecified atom stereocenters. The molecular weight excluding hydrogens is 384 g/mol. The van der Waals surface area contributed by atoms with Crippen LogP contribution < -0.4 is 0 Å². The van der Waals surface area contributed by atoms with Gasteiger partial charge in [0.15, 0.2) is 0 Å². The zero-order chi connectivity index (χ0) is 22.4. The summed E-state index contributed by atoms with van der Waals surface area (Å²) in [7, 11) is 0. The van der Waals surface area contributed by atoms with Gasteiger partial charge in [-0.05, 0) is 53.3 Å². The summed E-state index contributed by atoms with van der Waals surface area (Å²) >= 11 is 0. The number of unbranched alkanes of at least 4 members (excludes halogenated alkanes) is 12. The molecule has 0 saturated heterocycles. The Morgan fingerprint density at radius 3 is 1.59 bits per heavy atom. The number of rotatable bonds is 15. The van der Waals surface area contributed by atoms with E-state index in [0.717, 1.165) is 0 Å². The molecule has 0 aromatic heterocycles. The molecule has 32 heavy (non-hydrogen) atoms. The maximum absolute atomic E-state index is 2.33. The normalized spacial score (nSPS) is 11.3. The first kappa shape index (κ1) is 24.6. The molecule has 3 rings (SSSR count). The molecular formula is C32H44. The SMILES string of the molecule is CCCCCCCCCCCCCCCc1ccc(-c2ccc3cc(C)ccc3c2)cc1. The molecule has 0 aliphatic heterocycles. The van der Waals surface area contributed by atoms with Crippen molar-refractivity contribution in [3.8, 4) is 11.1 Å².